The van der Waals surface area contributed by atoms with E-state index in [0.29, 0.717) is 11.8 Å². The minimum atomic E-state index is -0.363. The molecule has 1 unspecified atom stereocenters. The zero-order valence-electron chi connectivity index (χ0n) is 15.0. The molecule has 2 saturated carbocycles. The van der Waals surface area contributed by atoms with Crippen LogP contribution in [0.3, 0.4) is 0 Å². The molecule has 4 rings (SSSR count). The molecule has 25 heavy (non-hydrogen) atoms. The van der Waals surface area contributed by atoms with Crippen molar-refractivity contribution in [2.75, 3.05) is 0 Å². The Balaban J connectivity index is 1.81. The lowest BCUT2D eigenvalue weighted by atomic mass is 9.57. The van der Waals surface area contributed by atoms with Gasteiger partial charge in [-0.15, -0.1) is 0 Å². The Kier molecular flexibility index (Phi) is 4.30. The average Bonchev–Trinajstić information content (AvgIpc) is 2.68. The van der Waals surface area contributed by atoms with E-state index < -0.39 is 0 Å². The first-order chi connectivity index (χ1) is 12.2. The van der Waals surface area contributed by atoms with Gasteiger partial charge < -0.3 is 0 Å². The quantitative estimate of drug-likeness (QED) is 0.901. The average molecular weight is 334 g/mol. The molecule has 3 heteroatoms. The van der Waals surface area contributed by atoms with Crippen molar-refractivity contribution in [3.8, 4) is 12.1 Å². The number of hydrogen-bond donors (Lipinski definition) is 1. The second-order valence-corrected chi connectivity index (χ2v) is 8.43. The summed E-state index contributed by atoms with van der Waals surface area (Å²) in [6.45, 7) is 0.814. The first-order valence-corrected chi connectivity index (χ1v) is 9.98. The van der Waals surface area contributed by atoms with Crippen molar-refractivity contribution in [3.63, 3.8) is 0 Å². The molecular formula is C22H28N3+. The van der Waals surface area contributed by atoms with Gasteiger partial charge in [0.15, 0.2) is 11.1 Å². The van der Waals surface area contributed by atoms with E-state index >= 15 is 0 Å². The lowest BCUT2D eigenvalue weighted by Gasteiger charge is -2.58. The molecule has 0 amide bonds. The van der Waals surface area contributed by atoms with Crippen LogP contribution in [0, 0.1) is 34.5 Å². The van der Waals surface area contributed by atoms with Crippen molar-refractivity contribution in [2.24, 2.45) is 11.8 Å². The maximum atomic E-state index is 10.3. The lowest BCUT2D eigenvalue weighted by Crippen LogP contribution is -3.28. The van der Waals surface area contributed by atoms with E-state index in [4.69, 9.17) is 0 Å². The number of likely N-dealkylation sites (tertiary alicyclic amines) is 1. The zero-order valence-corrected chi connectivity index (χ0v) is 15.0. The molecular weight excluding hydrogens is 306 g/mol. The summed E-state index contributed by atoms with van der Waals surface area (Å²) in [6.07, 6.45) is 10.1. The number of quaternary nitrogens is 1. The Morgan fingerprint density at radius 2 is 1.44 bits per heavy atom. The summed E-state index contributed by atoms with van der Waals surface area (Å²) in [5, 5.41) is 20.7. The smallest absolute Gasteiger partial charge is 0.189 e. The number of hydrogen-bond acceptors (Lipinski definition) is 2. The molecule has 2 aliphatic carbocycles. The van der Waals surface area contributed by atoms with Crippen LogP contribution in [0.4, 0.5) is 0 Å². The minimum Gasteiger partial charge on any atom is -0.297 e. The highest BCUT2D eigenvalue weighted by molar-refractivity contribution is 5.20. The van der Waals surface area contributed by atoms with Crippen LogP contribution in [-0.4, -0.2) is 11.1 Å². The second-order valence-electron chi connectivity index (χ2n) is 8.43. The normalized spacial score (nSPS) is 40.2. The molecule has 1 aromatic rings. The van der Waals surface area contributed by atoms with Gasteiger partial charge in [-0.2, -0.15) is 10.5 Å². The number of nitriles is 2. The summed E-state index contributed by atoms with van der Waals surface area (Å²) in [5.74, 6) is 0.934. The summed E-state index contributed by atoms with van der Waals surface area (Å²) < 4.78 is 0. The van der Waals surface area contributed by atoms with Crippen molar-refractivity contribution in [3.05, 3.63) is 35.9 Å². The number of nitrogens with one attached hydrogen (secondary N) is 1. The van der Waals surface area contributed by atoms with E-state index in [1.54, 1.807) is 0 Å². The zero-order chi connectivity index (χ0) is 17.3. The summed E-state index contributed by atoms with van der Waals surface area (Å²) in [6, 6.07) is 16.1. The fourth-order valence-corrected chi connectivity index (χ4v) is 6.21. The van der Waals surface area contributed by atoms with Crippen LogP contribution in [0.15, 0.2) is 30.3 Å². The van der Waals surface area contributed by atoms with Crippen molar-refractivity contribution >= 4 is 0 Å². The van der Waals surface area contributed by atoms with Gasteiger partial charge in [0.25, 0.3) is 0 Å². The summed E-state index contributed by atoms with van der Waals surface area (Å²) >= 11 is 0. The molecule has 1 N–H and O–H groups in total. The van der Waals surface area contributed by atoms with Gasteiger partial charge in [0, 0.05) is 30.2 Å². The molecule has 1 saturated heterocycles. The maximum Gasteiger partial charge on any atom is 0.189 e. The molecule has 1 heterocycles. The Labute approximate surface area is 151 Å². The second kappa shape index (κ2) is 6.47. The summed E-state index contributed by atoms with van der Waals surface area (Å²) in [5.41, 5.74) is 0.535. The van der Waals surface area contributed by atoms with Gasteiger partial charge in [0.05, 0.1) is 0 Å². The molecule has 0 spiro atoms. The highest BCUT2D eigenvalue weighted by atomic mass is 15.3. The fraction of sp³-hybridized carbons (Fsp3) is 0.636. The van der Waals surface area contributed by atoms with Crippen LogP contribution in [0.5, 0.6) is 0 Å². The molecule has 1 aromatic carbocycles. The Hall–Kier alpha value is -1.84. The van der Waals surface area contributed by atoms with Gasteiger partial charge in [-0.1, -0.05) is 43.2 Å². The van der Waals surface area contributed by atoms with Gasteiger partial charge in [0.1, 0.15) is 18.7 Å². The largest absolute Gasteiger partial charge is 0.297 e. The maximum absolute atomic E-state index is 10.3. The molecule has 3 fully saturated rings. The highest BCUT2D eigenvalue weighted by Gasteiger charge is 2.65. The monoisotopic (exact) mass is 334 g/mol. The molecule has 3 aliphatic rings. The minimum absolute atomic E-state index is 0.363. The van der Waals surface area contributed by atoms with E-state index in [9.17, 15) is 10.5 Å². The van der Waals surface area contributed by atoms with E-state index in [1.165, 1.54) is 36.1 Å². The third kappa shape index (κ3) is 2.49. The number of nitrogens with zero attached hydrogens (tertiary/aromatic N) is 2. The van der Waals surface area contributed by atoms with Crippen molar-refractivity contribution < 1.29 is 4.90 Å². The molecule has 1 aliphatic heterocycles. The SMILES string of the molecule is N#C[C@]12CCCC[C@@H]1C[C@@H]1CCCC[C@]1(C#N)[NH+]2Cc1ccccc1. The number of fused-ring (bicyclic) bond motifs is 2. The van der Waals surface area contributed by atoms with E-state index in [0.717, 1.165) is 38.6 Å². The van der Waals surface area contributed by atoms with E-state index in [-0.39, 0.29) is 11.1 Å². The standard InChI is InChI=1S/C22H27N3/c23-16-21-12-6-4-10-19(21)14-20-11-5-7-13-22(20,17-24)25(21)15-18-8-2-1-3-9-18/h1-3,8-9,19-20H,4-7,10-15H2/p+1/t19-,20+,21-,22-/m1/s1. The predicted molar refractivity (Wildman–Crippen MR) is 96.3 cm³/mol. The molecule has 130 valence electrons. The van der Waals surface area contributed by atoms with E-state index in [1.807, 2.05) is 6.07 Å². The Morgan fingerprint density at radius 1 is 0.880 bits per heavy atom. The van der Waals surface area contributed by atoms with Crippen LogP contribution in [-0.2, 0) is 6.54 Å². The van der Waals surface area contributed by atoms with Gasteiger partial charge in [-0.25, -0.2) is 0 Å². The van der Waals surface area contributed by atoms with Gasteiger partial charge in [-0.3, -0.25) is 4.90 Å². The highest BCUT2D eigenvalue weighted by Crippen LogP contribution is 2.47. The number of benzene rings is 1. The molecule has 3 nitrogen and oxygen atoms in total. The van der Waals surface area contributed by atoms with E-state index in [2.05, 4.69) is 36.4 Å². The fourth-order valence-electron chi connectivity index (χ4n) is 6.21. The summed E-state index contributed by atoms with van der Waals surface area (Å²) in [7, 11) is 0. The molecule has 5 atom stereocenters. The van der Waals surface area contributed by atoms with Crippen LogP contribution >= 0.6 is 0 Å². The van der Waals surface area contributed by atoms with Gasteiger partial charge >= 0.3 is 0 Å². The number of rotatable bonds is 2. The Bertz CT molecular complexity index is 660. The topological polar surface area (TPSA) is 52.0 Å². The third-order valence-electron chi connectivity index (χ3n) is 7.41. The van der Waals surface area contributed by atoms with Crippen molar-refractivity contribution in [1.82, 2.24) is 0 Å². The molecule has 0 radical (unpaired) electrons. The van der Waals surface area contributed by atoms with Crippen LogP contribution in [0.1, 0.15) is 63.4 Å². The first kappa shape index (κ1) is 16.6. The van der Waals surface area contributed by atoms with Crippen LogP contribution < -0.4 is 4.90 Å². The van der Waals surface area contributed by atoms with Crippen LogP contribution in [0.2, 0.25) is 0 Å². The van der Waals surface area contributed by atoms with Gasteiger partial charge in [0.2, 0.25) is 0 Å². The Morgan fingerprint density at radius 3 is 1.96 bits per heavy atom. The van der Waals surface area contributed by atoms with Crippen molar-refractivity contribution in [2.45, 2.75) is 75.4 Å². The summed E-state index contributed by atoms with van der Waals surface area (Å²) in [4.78, 5) is 1.29. The molecule has 0 bridgehead atoms. The molecule has 0 aromatic heterocycles. The van der Waals surface area contributed by atoms with Crippen molar-refractivity contribution in [1.29, 1.82) is 10.5 Å². The van der Waals surface area contributed by atoms with Crippen LogP contribution in [0.25, 0.3) is 0 Å². The third-order valence-corrected chi connectivity index (χ3v) is 7.41. The number of piperidine rings is 1. The predicted octanol–water partition coefficient (Wildman–Crippen LogP) is 3.38. The lowest BCUT2D eigenvalue weighted by molar-refractivity contribution is -1.01. The first-order valence-electron chi connectivity index (χ1n) is 9.98. The van der Waals surface area contributed by atoms with Gasteiger partial charge in [-0.05, 0) is 32.1 Å².